The van der Waals surface area contributed by atoms with E-state index in [9.17, 15) is 9.59 Å². The summed E-state index contributed by atoms with van der Waals surface area (Å²) in [5.41, 5.74) is 2.41. The molecule has 7 nitrogen and oxygen atoms in total. The number of morpholine rings is 1. The number of nitrogens with zero attached hydrogens (tertiary/aromatic N) is 3. The van der Waals surface area contributed by atoms with Gasteiger partial charge in [0, 0.05) is 43.7 Å². The molecule has 162 valence electrons. The van der Waals surface area contributed by atoms with Crippen LogP contribution in [0.1, 0.15) is 41.7 Å². The van der Waals surface area contributed by atoms with Crippen LogP contribution in [-0.2, 0) is 16.0 Å². The lowest BCUT2D eigenvalue weighted by Gasteiger charge is -2.27. The van der Waals surface area contributed by atoms with Crippen molar-refractivity contribution in [2.45, 2.75) is 32.1 Å². The Kier molecular flexibility index (Phi) is 5.44. The van der Waals surface area contributed by atoms with Crippen LogP contribution in [-0.4, -0.2) is 59.5 Å². The van der Waals surface area contributed by atoms with Crippen LogP contribution in [0.2, 0.25) is 0 Å². The predicted octanol–water partition coefficient (Wildman–Crippen LogP) is 2.46. The molecule has 1 unspecified atom stereocenters. The first-order valence-corrected chi connectivity index (χ1v) is 11.2. The number of hydrogen-bond donors (Lipinski definition) is 1. The predicted molar refractivity (Wildman–Crippen MR) is 115 cm³/mol. The standard InChI is InChI=1S/C24H28N4O3/c29-22(19-15-24(19)8-4-9-24)25-10-7-20-18(23(30)28-11-13-31-14-12-28)16-26-21(27-20)17-5-2-1-3-6-17/h1-3,5-6,16,19H,4,7-15H2,(H,25,29). The molecule has 1 spiro atoms. The van der Waals surface area contributed by atoms with Crippen LogP contribution in [0.3, 0.4) is 0 Å². The minimum atomic E-state index is -0.0696. The second-order valence-electron chi connectivity index (χ2n) is 8.84. The van der Waals surface area contributed by atoms with E-state index in [2.05, 4.69) is 10.3 Å². The monoisotopic (exact) mass is 420 g/mol. The van der Waals surface area contributed by atoms with E-state index in [4.69, 9.17) is 9.72 Å². The fourth-order valence-electron chi connectivity index (χ4n) is 4.78. The van der Waals surface area contributed by atoms with Crippen molar-refractivity contribution in [2.75, 3.05) is 32.8 Å². The van der Waals surface area contributed by atoms with Gasteiger partial charge in [-0.2, -0.15) is 0 Å². The maximum Gasteiger partial charge on any atom is 0.257 e. The number of ether oxygens (including phenoxy) is 1. The third-order valence-electron chi connectivity index (χ3n) is 6.94. The van der Waals surface area contributed by atoms with Crippen LogP contribution in [0.4, 0.5) is 0 Å². The summed E-state index contributed by atoms with van der Waals surface area (Å²) in [5.74, 6) is 0.856. The van der Waals surface area contributed by atoms with E-state index in [1.807, 2.05) is 30.3 Å². The van der Waals surface area contributed by atoms with Gasteiger partial charge in [-0.1, -0.05) is 36.8 Å². The lowest BCUT2D eigenvalue weighted by Crippen LogP contribution is -2.41. The molecule has 1 N–H and O–H groups in total. The smallest absolute Gasteiger partial charge is 0.257 e. The molecule has 2 amide bonds. The van der Waals surface area contributed by atoms with Crippen molar-refractivity contribution in [3.05, 3.63) is 47.8 Å². The average molecular weight is 421 g/mol. The van der Waals surface area contributed by atoms with Gasteiger partial charge in [0.05, 0.1) is 24.5 Å². The second kappa shape index (κ2) is 8.38. The summed E-state index contributed by atoms with van der Waals surface area (Å²) >= 11 is 0. The molecule has 2 aromatic rings. The van der Waals surface area contributed by atoms with Gasteiger partial charge >= 0.3 is 0 Å². The Balaban J connectivity index is 1.32. The minimum absolute atomic E-state index is 0.0696. The van der Waals surface area contributed by atoms with Gasteiger partial charge in [0.2, 0.25) is 5.91 Å². The normalized spacial score (nSPS) is 21.4. The number of carbonyl (C=O) groups excluding carboxylic acids is 2. The van der Waals surface area contributed by atoms with Crippen molar-refractivity contribution < 1.29 is 14.3 Å². The Labute approximate surface area is 182 Å². The molecular formula is C24H28N4O3. The van der Waals surface area contributed by atoms with E-state index in [1.165, 1.54) is 19.3 Å². The highest BCUT2D eigenvalue weighted by molar-refractivity contribution is 5.95. The summed E-state index contributed by atoms with van der Waals surface area (Å²) in [6.45, 7) is 2.70. The number of nitrogens with one attached hydrogen (secondary N) is 1. The van der Waals surface area contributed by atoms with Crippen LogP contribution in [0, 0.1) is 11.3 Å². The molecule has 1 aromatic heterocycles. The van der Waals surface area contributed by atoms with E-state index < -0.39 is 0 Å². The molecule has 2 saturated carbocycles. The van der Waals surface area contributed by atoms with Crippen LogP contribution < -0.4 is 5.32 Å². The summed E-state index contributed by atoms with van der Waals surface area (Å²) in [6, 6.07) is 9.74. The van der Waals surface area contributed by atoms with Crippen LogP contribution >= 0.6 is 0 Å². The number of carbonyl (C=O) groups is 2. The second-order valence-corrected chi connectivity index (χ2v) is 8.84. The van der Waals surface area contributed by atoms with Gasteiger partial charge in [-0.15, -0.1) is 0 Å². The first-order chi connectivity index (χ1) is 15.2. The van der Waals surface area contributed by atoms with Crippen molar-refractivity contribution in [3.8, 4) is 11.4 Å². The number of amides is 2. The molecule has 1 aliphatic heterocycles. The molecule has 0 radical (unpaired) electrons. The summed E-state index contributed by atoms with van der Waals surface area (Å²) in [5, 5.41) is 3.08. The lowest BCUT2D eigenvalue weighted by molar-refractivity contribution is -0.123. The van der Waals surface area contributed by atoms with E-state index in [0.29, 0.717) is 61.8 Å². The molecule has 31 heavy (non-hydrogen) atoms. The summed E-state index contributed by atoms with van der Waals surface area (Å²) in [6.07, 6.45) is 6.80. The quantitative estimate of drug-likeness (QED) is 0.776. The number of rotatable bonds is 6. The highest BCUT2D eigenvalue weighted by atomic mass is 16.5. The summed E-state index contributed by atoms with van der Waals surface area (Å²) < 4.78 is 5.37. The Bertz CT molecular complexity index is 968. The highest BCUT2D eigenvalue weighted by Crippen LogP contribution is 2.65. The molecule has 7 heteroatoms. The van der Waals surface area contributed by atoms with Crippen molar-refractivity contribution in [3.63, 3.8) is 0 Å². The van der Waals surface area contributed by atoms with Crippen molar-refractivity contribution in [2.24, 2.45) is 11.3 Å². The van der Waals surface area contributed by atoms with Crippen molar-refractivity contribution in [1.29, 1.82) is 0 Å². The molecule has 0 bridgehead atoms. The van der Waals surface area contributed by atoms with Crippen molar-refractivity contribution in [1.82, 2.24) is 20.2 Å². The first kappa shape index (κ1) is 20.1. The molecule has 1 aromatic carbocycles. The molecule has 3 fully saturated rings. The minimum Gasteiger partial charge on any atom is -0.378 e. The number of hydrogen-bond acceptors (Lipinski definition) is 5. The van der Waals surface area contributed by atoms with E-state index in [1.54, 1.807) is 11.1 Å². The third-order valence-corrected chi connectivity index (χ3v) is 6.94. The molecule has 2 aliphatic carbocycles. The molecule has 1 atom stereocenters. The van der Waals surface area contributed by atoms with Gasteiger partial charge in [0.1, 0.15) is 0 Å². The van der Waals surface area contributed by atoms with Gasteiger partial charge in [-0.3, -0.25) is 9.59 Å². The van der Waals surface area contributed by atoms with Crippen LogP contribution in [0.25, 0.3) is 11.4 Å². The maximum atomic E-state index is 13.1. The van der Waals surface area contributed by atoms with Gasteiger partial charge in [-0.25, -0.2) is 9.97 Å². The van der Waals surface area contributed by atoms with Crippen LogP contribution in [0.5, 0.6) is 0 Å². The Morgan fingerprint density at radius 1 is 1.16 bits per heavy atom. The summed E-state index contributed by atoms with van der Waals surface area (Å²) in [7, 11) is 0. The number of benzene rings is 1. The summed E-state index contributed by atoms with van der Waals surface area (Å²) in [4.78, 5) is 36.6. The fraction of sp³-hybridized carbons (Fsp3) is 0.500. The largest absolute Gasteiger partial charge is 0.378 e. The van der Waals surface area contributed by atoms with Crippen LogP contribution in [0.15, 0.2) is 36.5 Å². The zero-order valence-corrected chi connectivity index (χ0v) is 17.7. The maximum absolute atomic E-state index is 13.1. The number of aromatic nitrogens is 2. The van der Waals surface area contributed by atoms with Gasteiger partial charge in [0.25, 0.3) is 5.91 Å². The SMILES string of the molecule is O=C(NCCc1nc(-c2ccccc2)ncc1C(=O)N1CCOCC1)C1CC12CCC2. The van der Waals surface area contributed by atoms with Gasteiger partial charge < -0.3 is 15.0 Å². The lowest BCUT2D eigenvalue weighted by atomic mass is 9.80. The zero-order valence-electron chi connectivity index (χ0n) is 17.7. The Hall–Kier alpha value is -2.80. The Morgan fingerprint density at radius 2 is 1.94 bits per heavy atom. The molecule has 2 heterocycles. The molecule has 1 saturated heterocycles. The molecule has 3 aliphatic rings. The highest BCUT2D eigenvalue weighted by Gasteiger charge is 2.60. The van der Waals surface area contributed by atoms with E-state index >= 15 is 0 Å². The third kappa shape index (κ3) is 4.06. The molecule has 5 rings (SSSR count). The molecular weight excluding hydrogens is 392 g/mol. The average Bonchev–Trinajstić information content (AvgIpc) is 3.57. The first-order valence-electron chi connectivity index (χ1n) is 11.2. The van der Waals surface area contributed by atoms with E-state index in [-0.39, 0.29) is 17.7 Å². The van der Waals surface area contributed by atoms with Gasteiger partial charge in [0.15, 0.2) is 5.82 Å². The van der Waals surface area contributed by atoms with E-state index in [0.717, 1.165) is 12.0 Å². The Morgan fingerprint density at radius 3 is 2.61 bits per heavy atom. The topological polar surface area (TPSA) is 84.4 Å². The van der Waals surface area contributed by atoms with Crippen molar-refractivity contribution >= 4 is 11.8 Å². The van der Waals surface area contributed by atoms with Gasteiger partial charge in [-0.05, 0) is 24.7 Å². The fourth-order valence-corrected chi connectivity index (χ4v) is 4.78. The zero-order chi connectivity index (χ0) is 21.3.